The predicted octanol–water partition coefficient (Wildman–Crippen LogP) is 4.45. The summed E-state index contributed by atoms with van der Waals surface area (Å²) >= 11 is 0. The van der Waals surface area contributed by atoms with Gasteiger partial charge >= 0.3 is 0 Å². The molecule has 1 aromatic carbocycles. The van der Waals surface area contributed by atoms with Crippen molar-refractivity contribution in [3.8, 4) is 0 Å². The topological polar surface area (TPSA) is 20.2 Å². The van der Waals surface area contributed by atoms with Crippen molar-refractivity contribution in [1.29, 1.82) is 0 Å². The van der Waals surface area contributed by atoms with E-state index in [0.717, 1.165) is 23.1 Å². The van der Waals surface area contributed by atoms with Crippen LogP contribution >= 0.6 is 0 Å². The number of hydrogen-bond donors (Lipinski definition) is 1. The summed E-state index contributed by atoms with van der Waals surface area (Å²) in [5.41, 5.74) is 2.67. The van der Waals surface area contributed by atoms with Crippen molar-refractivity contribution in [2.75, 3.05) is 0 Å². The standard InChI is InChI=1S/C16H23FO/c1-11-8-14(17)9-12(2)16(11)15(18)10-13-6-4-3-5-7-13/h8-9,13,15,18H,3-7,10H2,1-2H3. The van der Waals surface area contributed by atoms with Gasteiger partial charge < -0.3 is 5.11 Å². The molecule has 0 aromatic heterocycles. The fourth-order valence-corrected chi connectivity index (χ4v) is 3.30. The maximum atomic E-state index is 13.2. The second-order valence-electron chi connectivity index (χ2n) is 5.71. The van der Waals surface area contributed by atoms with E-state index in [1.807, 2.05) is 13.8 Å². The fraction of sp³-hybridized carbons (Fsp3) is 0.625. The minimum absolute atomic E-state index is 0.210. The van der Waals surface area contributed by atoms with Crippen LogP contribution in [-0.2, 0) is 0 Å². The van der Waals surface area contributed by atoms with Crippen LogP contribution in [0.15, 0.2) is 12.1 Å². The first-order chi connectivity index (χ1) is 8.58. The van der Waals surface area contributed by atoms with Crippen LogP contribution in [0.3, 0.4) is 0 Å². The van der Waals surface area contributed by atoms with Crippen molar-refractivity contribution in [1.82, 2.24) is 0 Å². The van der Waals surface area contributed by atoms with Gasteiger partial charge in [-0.3, -0.25) is 0 Å². The minimum Gasteiger partial charge on any atom is -0.388 e. The van der Waals surface area contributed by atoms with Gasteiger partial charge in [0.2, 0.25) is 0 Å². The second kappa shape index (κ2) is 5.83. The van der Waals surface area contributed by atoms with Gasteiger partial charge in [0.1, 0.15) is 5.82 Å². The number of hydrogen-bond acceptors (Lipinski definition) is 1. The van der Waals surface area contributed by atoms with E-state index >= 15 is 0 Å². The number of aliphatic hydroxyl groups excluding tert-OH is 1. The fourth-order valence-electron chi connectivity index (χ4n) is 3.30. The molecule has 1 aromatic rings. The van der Waals surface area contributed by atoms with Crippen LogP contribution in [-0.4, -0.2) is 5.11 Å². The van der Waals surface area contributed by atoms with Crippen molar-refractivity contribution >= 4 is 0 Å². The van der Waals surface area contributed by atoms with E-state index < -0.39 is 6.10 Å². The molecule has 1 nitrogen and oxygen atoms in total. The second-order valence-corrected chi connectivity index (χ2v) is 5.71. The highest BCUT2D eigenvalue weighted by Gasteiger charge is 2.21. The Hall–Kier alpha value is -0.890. The number of halogens is 1. The highest BCUT2D eigenvalue weighted by Crippen LogP contribution is 2.34. The zero-order valence-corrected chi connectivity index (χ0v) is 11.4. The van der Waals surface area contributed by atoms with E-state index in [-0.39, 0.29) is 5.82 Å². The molecule has 1 aliphatic carbocycles. The normalized spacial score (nSPS) is 18.9. The van der Waals surface area contributed by atoms with Crippen molar-refractivity contribution < 1.29 is 9.50 Å². The van der Waals surface area contributed by atoms with E-state index in [1.165, 1.54) is 44.2 Å². The Morgan fingerprint density at radius 3 is 2.28 bits per heavy atom. The molecular weight excluding hydrogens is 227 g/mol. The Labute approximate surface area is 109 Å². The summed E-state index contributed by atoms with van der Waals surface area (Å²) in [7, 11) is 0. The molecule has 1 unspecified atom stereocenters. The zero-order chi connectivity index (χ0) is 13.1. The molecule has 0 radical (unpaired) electrons. The van der Waals surface area contributed by atoms with Crippen LogP contribution in [0.25, 0.3) is 0 Å². The average Bonchev–Trinajstić information content (AvgIpc) is 2.28. The molecule has 0 amide bonds. The lowest BCUT2D eigenvalue weighted by atomic mass is 9.83. The molecular formula is C16H23FO. The van der Waals surface area contributed by atoms with Crippen LogP contribution in [0.1, 0.15) is 61.3 Å². The summed E-state index contributed by atoms with van der Waals surface area (Å²) in [4.78, 5) is 0. The highest BCUT2D eigenvalue weighted by molar-refractivity contribution is 5.36. The highest BCUT2D eigenvalue weighted by atomic mass is 19.1. The molecule has 1 fully saturated rings. The Morgan fingerprint density at radius 1 is 1.17 bits per heavy atom. The third-order valence-electron chi connectivity index (χ3n) is 4.17. The maximum Gasteiger partial charge on any atom is 0.123 e. The van der Waals surface area contributed by atoms with Crippen LogP contribution in [0.5, 0.6) is 0 Å². The minimum atomic E-state index is -0.436. The molecule has 1 atom stereocenters. The molecule has 2 heteroatoms. The van der Waals surface area contributed by atoms with Crippen molar-refractivity contribution in [3.63, 3.8) is 0 Å². The lowest BCUT2D eigenvalue weighted by Crippen LogP contribution is -2.13. The summed E-state index contributed by atoms with van der Waals surface area (Å²) in [6, 6.07) is 3.04. The van der Waals surface area contributed by atoms with Gasteiger partial charge in [0.25, 0.3) is 0 Å². The lowest BCUT2D eigenvalue weighted by Gasteiger charge is -2.25. The molecule has 0 saturated heterocycles. The lowest BCUT2D eigenvalue weighted by molar-refractivity contribution is 0.130. The van der Waals surface area contributed by atoms with Crippen LogP contribution in [0.2, 0.25) is 0 Å². The first-order valence-corrected chi connectivity index (χ1v) is 7.02. The van der Waals surface area contributed by atoms with Gasteiger partial charge in [-0.2, -0.15) is 0 Å². The van der Waals surface area contributed by atoms with Crippen molar-refractivity contribution in [2.24, 2.45) is 5.92 Å². The van der Waals surface area contributed by atoms with Crippen LogP contribution in [0.4, 0.5) is 4.39 Å². The molecule has 100 valence electrons. The zero-order valence-electron chi connectivity index (χ0n) is 11.4. The average molecular weight is 250 g/mol. The summed E-state index contributed by atoms with van der Waals surface area (Å²) < 4.78 is 13.2. The maximum absolute atomic E-state index is 13.2. The Kier molecular flexibility index (Phi) is 4.39. The molecule has 0 aliphatic heterocycles. The van der Waals surface area contributed by atoms with Crippen molar-refractivity contribution in [2.45, 2.75) is 58.5 Å². The van der Waals surface area contributed by atoms with Gasteiger partial charge in [-0.1, -0.05) is 32.1 Å². The molecule has 2 rings (SSSR count). The number of aliphatic hydroxyl groups is 1. The number of rotatable bonds is 3. The predicted molar refractivity (Wildman–Crippen MR) is 72.0 cm³/mol. The van der Waals surface area contributed by atoms with Gasteiger partial charge in [-0.15, -0.1) is 0 Å². The molecule has 0 spiro atoms. The number of benzene rings is 1. The summed E-state index contributed by atoms with van der Waals surface area (Å²) in [6.45, 7) is 3.77. The van der Waals surface area contributed by atoms with Crippen molar-refractivity contribution in [3.05, 3.63) is 34.6 Å². The summed E-state index contributed by atoms with van der Waals surface area (Å²) in [5.74, 6) is 0.427. The number of aryl methyl sites for hydroxylation is 2. The SMILES string of the molecule is Cc1cc(F)cc(C)c1C(O)CC1CCCCC1. The molecule has 0 bridgehead atoms. The van der Waals surface area contributed by atoms with E-state index in [1.54, 1.807) is 0 Å². The van der Waals surface area contributed by atoms with Crippen LogP contribution in [0, 0.1) is 25.6 Å². The van der Waals surface area contributed by atoms with E-state index in [4.69, 9.17) is 0 Å². The van der Waals surface area contributed by atoms with Gasteiger partial charge in [0.15, 0.2) is 0 Å². The Morgan fingerprint density at radius 2 is 1.72 bits per heavy atom. The van der Waals surface area contributed by atoms with Gasteiger partial charge in [0.05, 0.1) is 6.10 Å². The van der Waals surface area contributed by atoms with Gasteiger partial charge in [-0.05, 0) is 55.0 Å². The first-order valence-electron chi connectivity index (χ1n) is 7.02. The van der Waals surface area contributed by atoms with Gasteiger partial charge in [0, 0.05) is 0 Å². The molecule has 1 aliphatic rings. The summed E-state index contributed by atoms with van der Waals surface area (Å²) in [5, 5.41) is 10.4. The molecule has 1 N–H and O–H groups in total. The summed E-state index contributed by atoms with van der Waals surface area (Å²) in [6.07, 6.45) is 6.77. The molecule has 0 heterocycles. The Balaban J connectivity index is 2.10. The largest absolute Gasteiger partial charge is 0.388 e. The van der Waals surface area contributed by atoms with E-state index in [9.17, 15) is 9.50 Å². The smallest absolute Gasteiger partial charge is 0.123 e. The third kappa shape index (κ3) is 3.11. The first kappa shape index (κ1) is 13.5. The molecule has 1 saturated carbocycles. The quantitative estimate of drug-likeness (QED) is 0.840. The van der Waals surface area contributed by atoms with Gasteiger partial charge in [-0.25, -0.2) is 4.39 Å². The third-order valence-corrected chi connectivity index (χ3v) is 4.17. The monoisotopic (exact) mass is 250 g/mol. The van der Waals surface area contributed by atoms with Crippen LogP contribution < -0.4 is 0 Å². The molecule has 18 heavy (non-hydrogen) atoms. The van der Waals surface area contributed by atoms with E-state index in [0.29, 0.717) is 5.92 Å². The Bertz CT molecular complexity index is 385. The van der Waals surface area contributed by atoms with E-state index in [2.05, 4.69) is 0 Å².